The molecule has 0 heterocycles. The highest BCUT2D eigenvalue weighted by molar-refractivity contribution is 5.52. The van der Waals surface area contributed by atoms with Crippen molar-refractivity contribution in [1.29, 1.82) is 5.26 Å². The SMILES string of the molecule is CC(C#N)(c1ccccc1)c1ccc([N+](=O)[O-])cc1C(F)(F)F. The molecule has 7 heteroatoms. The topological polar surface area (TPSA) is 66.9 Å². The molecule has 2 aromatic rings. The molecule has 118 valence electrons. The van der Waals surface area contributed by atoms with Crippen LogP contribution in [0.5, 0.6) is 0 Å². The Kier molecular flexibility index (Phi) is 4.10. The van der Waals surface area contributed by atoms with E-state index in [1.807, 2.05) is 6.07 Å². The zero-order valence-electron chi connectivity index (χ0n) is 12.0. The Morgan fingerprint density at radius 2 is 1.70 bits per heavy atom. The molecule has 0 saturated carbocycles. The normalized spacial score (nSPS) is 13.9. The minimum atomic E-state index is -4.81. The van der Waals surface area contributed by atoms with Gasteiger partial charge in [-0.2, -0.15) is 18.4 Å². The van der Waals surface area contributed by atoms with E-state index in [9.17, 15) is 28.5 Å². The first kappa shape index (κ1) is 16.5. The fraction of sp³-hybridized carbons (Fsp3) is 0.188. The molecule has 0 bridgehead atoms. The lowest BCUT2D eigenvalue weighted by atomic mass is 9.75. The summed E-state index contributed by atoms with van der Waals surface area (Å²) in [4.78, 5) is 9.86. The third-order valence-electron chi connectivity index (χ3n) is 3.63. The maximum Gasteiger partial charge on any atom is 0.416 e. The Morgan fingerprint density at radius 1 is 1.09 bits per heavy atom. The molecule has 0 saturated heterocycles. The lowest BCUT2D eigenvalue weighted by Crippen LogP contribution is -2.26. The molecule has 0 aromatic heterocycles. The minimum absolute atomic E-state index is 0.315. The Labute approximate surface area is 129 Å². The molecule has 0 spiro atoms. The summed E-state index contributed by atoms with van der Waals surface area (Å²) in [5, 5.41) is 20.3. The summed E-state index contributed by atoms with van der Waals surface area (Å²) >= 11 is 0. The number of benzene rings is 2. The summed E-state index contributed by atoms with van der Waals surface area (Å²) in [6.45, 7) is 1.36. The van der Waals surface area contributed by atoms with Gasteiger partial charge in [0, 0.05) is 12.1 Å². The van der Waals surface area contributed by atoms with Crippen molar-refractivity contribution in [3.05, 3.63) is 75.3 Å². The van der Waals surface area contributed by atoms with Crippen LogP contribution in [0.4, 0.5) is 18.9 Å². The van der Waals surface area contributed by atoms with E-state index in [4.69, 9.17) is 0 Å². The second kappa shape index (κ2) is 5.72. The maximum absolute atomic E-state index is 13.3. The molecule has 0 radical (unpaired) electrons. The highest BCUT2D eigenvalue weighted by Crippen LogP contribution is 2.42. The molecule has 0 aliphatic carbocycles. The molecule has 0 amide bonds. The van der Waals surface area contributed by atoms with Crippen LogP contribution in [0.1, 0.15) is 23.6 Å². The molecular formula is C16H11F3N2O2. The number of hydrogen-bond donors (Lipinski definition) is 0. The first-order valence-corrected chi connectivity index (χ1v) is 6.53. The van der Waals surface area contributed by atoms with Gasteiger partial charge < -0.3 is 0 Å². The zero-order valence-corrected chi connectivity index (χ0v) is 12.0. The van der Waals surface area contributed by atoms with Crippen molar-refractivity contribution in [2.24, 2.45) is 0 Å². The number of rotatable bonds is 3. The molecule has 0 N–H and O–H groups in total. The lowest BCUT2D eigenvalue weighted by Gasteiger charge is -2.26. The predicted octanol–water partition coefficient (Wildman–Crippen LogP) is 4.44. The van der Waals surface area contributed by atoms with Gasteiger partial charge in [0.1, 0.15) is 5.41 Å². The molecule has 1 unspecified atom stereocenters. The predicted molar refractivity (Wildman–Crippen MR) is 76.6 cm³/mol. The highest BCUT2D eigenvalue weighted by atomic mass is 19.4. The van der Waals surface area contributed by atoms with E-state index in [2.05, 4.69) is 0 Å². The Morgan fingerprint density at radius 3 is 2.17 bits per heavy atom. The van der Waals surface area contributed by atoms with Gasteiger partial charge in [0.15, 0.2) is 0 Å². The number of nitro groups is 1. The summed E-state index contributed by atoms with van der Waals surface area (Å²) in [6, 6.07) is 12.3. The van der Waals surface area contributed by atoms with Crippen molar-refractivity contribution in [1.82, 2.24) is 0 Å². The van der Waals surface area contributed by atoms with Crippen LogP contribution in [0.2, 0.25) is 0 Å². The first-order valence-electron chi connectivity index (χ1n) is 6.53. The van der Waals surface area contributed by atoms with E-state index in [1.54, 1.807) is 30.3 Å². The van der Waals surface area contributed by atoms with Crippen LogP contribution in [0.3, 0.4) is 0 Å². The second-order valence-electron chi connectivity index (χ2n) is 5.09. The molecule has 2 rings (SSSR count). The van der Waals surface area contributed by atoms with Crippen LogP contribution >= 0.6 is 0 Å². The number of nitriles is 1. The Balaban J connectivity index is 2.76. The molecule has 0 aliphatic heterocycles. The van der Waals surface area contributed by atoms with Crippen LogP contribution in [0.15, 0.2) is 48.5 Å². The van der Waals surface area contributed by atoms with Crippen LogP contribution < -0.4 is 0 Å². The summed E-state index contributed by atoms with van der Waals surface area (Å²) in [6.07, 6.45) is -4.81. The molecule has 2 aromatic carbocycles. The van der Waals surface area contributed by atoms with Gasteiger partial charge in [0.25, 0.3) is 5.69 Å². The number of nitro benzene ring substituents is 1. The van der Waals surface area contributed by atoms with Crippen LogP contribution in [-0.4, -0.2) is 4.92 Å². The number of non-ortho nitro benzene ring substituents is 1. The van der Waals surface area contributed by atoms with Crippen molar-refractivity contribution in [2.45, 2.75) is 18.5 Å². The van der Waals surface area contributed by atoms with Crippen molar-refractivity contribution < 1.29 is 18.1 Å². The van der Waals surface area contributed by atoms with Gasteiger partial charge in [-0.1, -0.05) is 30.3 Å². The van der Waals surface area contributed by atoms with E-state index in [0.29, 0.717) is 11.6 Å². The standard InChI is InChI=1S/C16H11F3N2O2/c1-15(10-20,11-5-3-2-4-6-11)13-8-7-12(21(22)23)9-14(13)16(17,18)19/h2-9H,1H3. The molecular weight excluding hydrogens is 309 g/mol. The molecule has 23 heavy (non-hydrogen) atoms. The molecule has 4 nitrogen and oxygen atoms in total. The van der Waals surface area contributed by atoms with Crippen molar-refractivity contribution in [3.63, 3.8) is 0 Å². The average molecular weight is 320 g/mol. The van der Waals surface area contributed by atoms with Crippen molar-refractivity contribution in [2.75, 3.05) is 0 Å². The highest BCUT2D eigenvalue weighted by Gasteiger charge is 2.41. The van der Waals surface area contributed by atoms with Crippen LogP contribution in [0, 0.1) is 21.4 Å². The number of nitrogens with zero attached hydrogens (tertiary/aromatic N) is 2. The minimum Gasteiger partial charge on any atom is -0.258 e. The fourth-order valence-corrected chi connectivity index (χ4v) is 2.37. The summed E-state index contributed by atoms with van der Waals surface area (Å²) in [5.74, 6) is 0. The molecule has 0 fully saturated rings. The van der Waals surface area contributed by atoms with Gasteiger partial charge in [0.2, 0.25) is 0 Å². The number of hydrogen-bond acceptors (Lipinski definition) is 3. The number of alkyl halides is 3. The smallest absolute Gasteiger partial charge is 0.258 e. The lowest BCUT2D eigenvalue weighted by molar-refractivity contribution is -0.385. The summed E-state index contributed by atoms with van der Waals surface area (Å²) in [5.41, 5.74) is -3.37. The van der Waals surface area contributed by atoms with Crippen molar-refractivity contribution in [3.8, 4) is 6.07 Å². The first-order chi connectivity index (χ1) is 10.7. The molecule has 0 aliphatic rings. The van der Waals surface area contributed by atoms with Gasteiger partial charge >= 0.3 is 6.18 Å². The number of halogens is 3. The van der Waals surface area contributed by atoms with E-state index in [-0.39, 0.29) is 5.56 Å². The summed E-state index contributed by atoms with van der Waals surface area (Å²) < 4.78 is 40.0. The molecule has 1 atom stereocenters. The third kappa shape index (κ3) is 3.01. The van der Waals surface area contributed by atoms with Crippen LogP contribution in [0.25, 0.3) is 0 Å². The quantitative estimate of drug-likeness (QED) is 0.620. The van der Waals surface area contributed by atoms with Gasteiger partial charge in [-0.05, 0) is 24.1 Å². The van der Waals surface area contributed by atoms with E-state index < -0.39 is 27.8 Å². The maximum atomic E-state index is 13.3. The summed E-state index contributed by atoms with van der Waals surface area (Å²) in [7, 11) is 0. The zero-order chi connectivity index (χ0) is 17.3. The second-order valence-corrected chi connectivity index (χ2v) is 5.09. The van der Waals surface area contributed by atoms with Gasteiger partial charge in [-0.25, -0.2) is 0 Å². The van der Waals surface area contributed by atoms with E-state index in [1.165, 1.54) is 6.92 Å². The largest absolute Gasteiger partial charge is 0.416 e. The Hall–Kier alpha value is -2.88. The van der Waals surface area contributed by atoms with Gasteiger partial charge in [0.05, 0.1) is 16.6 Å². The van der Waals surface area contributed by atoms with Crippen molar-refractivity contribution >= 4 is 5.69 Å². The van der Waals surface area contributed by atoms with Crippen LogP contribution in [-0.2, 0) is 11.6 Å². The monoisotopic (exact) mass is 320 g/mol. The van der Waals surface area contributed by atoms with Gasteiger partial charge in [-0.15, -0.1) is 0 Å². The third-order valence-corrected chi connectivity index (χ3v) is 3.63. The fourth-order valence-electron chi connectivity index (χ4n) is 2.37. The van der Waals surface area contributed by atoms with E-state index in [0.717, 1.165) is 12.1 Å². The average Bonchev–Trinajstić information content (AvgIpc) is 2.53. The van der Waals surface area contributed by atoms with Gasteiger partial charge in [-0.3, -0.25) is 10.1 Å². The Bertz CT molecular complexity index is 782. The van der Waals surface area contributed by atoms with E-state index >= 15 is 0 Å².